The fraction of sp³-hybridized carbons (Fsp3) is 0.500. The lowest BCUT2D eigenvalue weighted by atomic mass is 10.1. The summed E-state index contributed by atoms with van der Waals surface area (Å²) in [6, 6.07) is 6.18. The van der Waals surface area contributed by atoms with Gasteiger partial charge in [0, 0.05) is 12.0 Å². The molecule has 2 aliphatic rings. The summed E-state index contributed by atoms with van der Waals surface area (Å²) < 4.78 is 32.7. The first-order valence-corrected chi connectivity index (χ1v) is 10.2. The number of nitrogens with two attached hydrogens (primary N) is 1. The maximum atomic E-state index is 12.5. The number of carbonyl (C=O) groups excluding carboxylic acids is 1. The second-order valence-corrected chi connectivity index (χ2v) is 8.42. The summed E-state index contributed by atoms with van der Waals surface area (Å²) in [5.74, 6) is -0.279. The molecule has 1 aliphatic carbocycles. The molecule has 3 rings (SSSR count). The molecule has 1 heterocycles. The molecular weight excluding hydrogens is 340 g/mol. The van der Waals surface area contributed by atoms with Gasteiger partial charge in [0.05, 0.1) is 11.5 Å². The van der Waals surface area contributed by atoms with Gasteiger partial charge in [-0.2, -0.15) is 0 Å². The number of hydrogen-bond acceptors (Lipinski definition) is 5. The van der Waals surface area contributed by atoms with Crippen molar-refractivity contribution in [2.75, 3.05) is 6.61 Å². The summed E-state index contributed by atoms with van der Waals surface area (Å²) in [6.07, 6.45) is 9.56. The smallest absolute Gasteiger partial charge is 0.264 e. The summed E-state index contributed by atoms with van der Waals surface area (Å²) >= 11 is 0. The Bertz CT molecular complexity index is 775. The van der Waals surface area contributed by atoms with Crippen molar-refractivity contribution in [3.05, 3.63) is 36.4 Å². The van der Waals surface area contributed by atoms with Gasteiger partial charge >= 0.3 is 0 Å². The van der Waals surface area contributed by atoms with Crippen LogP contribution in [0.1, 0.15) is 38.5 Å². The van der Waals surface area contributed by atoms with Crippen LogP contribution >= 0.6 is 0 Å². The second kappa shape index (κ2) is 7.17. The number of carbonyl (C=O) groups is 1. The van der Waals surface area contributed by atoms with Gasteiger partial charge in [0.2, 0.25) is 0 Å². The average molecular weight is 364 g/mol. The van der Waals surface area contributed by atoms with Crippen molar-refractivity contribution in [3.63, 3.8) is 0 Å². The van der Waals surface area contributed by atoms with Crippen molar-refractivity contribution in [1.82, 2.24) is 4.72 Å². The maximum Gasteiger partial charge on any atom is 0.264 e. The zero-order chi connectivity index (χ0) is 17.9. The molecule has 0 radical (unpaired) electrons. The average Bonchev–Trinajstić information content (AvgIpc) is 3.24. The van der Waals surface area contributed by atoms with Crippen LogP contribution in [0, 0.1) is 5.92 Å². The topological polar surface area (TPSA) is 98.5 Å². The van der Waals surface area contributed by atoms with E-state index in [9.17, 15) is 13.2 Å². The third-order valence-corrected chi connectivity index (χ3v) is 6.06. The Kier molecular flexibility index (Phi) is 5.15. The van der Waals surface area contributed by atoms with Gasteiger partial charge in [-0.15, -0.1) is 0 Å². The van der Waals surface area contributed by atoms with E-state index in [1.807, 2.05) is 12.2 Å². The molecule has 1 amide bonds. The first-order chi connectivity index (χ1) is 11.9. The van der Waals surface area contributed by atoms with Crippen LogP contribution in [0.3, 0.4) is 0 Å². The number of fused-ring (bicyclic) bond motifs is 3. The van der Waals surface area contributed by atoms with Crippen LogP contribution in [-0.2, 0) is 14.8 Å². The lowest BCUT2D eigenvalue weighted by Crippen LogP contribution is -2.46. The molecule has 136 valence electrons. The maximum absolute atomic E-state index is 12.5. The summed E-state index contributed by atoms with van der Waals surface area (Å²) in [5.41, 5.74) is 4.94. The molecule has 0 saturated heterocycles. The largest absolute Gasteiger partial charge is 0.494 e. The lowest BCUT2D eigenvalue weighted by Gasteiger charge is -2.13. The van der Waals surface area contributed by atoms with Crippen LogP contribution in [0.4, 0.5) is 0 Å². The van der Waals surface area contributed by atoms with Crippen molar-refractivity contribution in [3.8, 4) is 5.75 Å². The van der Waals surface area contributed by atoms with Crippen LogP contribution in [0.25, 0.3) is 0 Å². The Morgan fingerprint density at radius 1 is 1.20 bits per heavy atom. The first kappa shape index (κ1) is 17.9. The minimum Gasteiger partial charge on any atom is -0.494 e. The van der Waals surface area contributed by atoms with Crippen LogP contribution < -0.4 is 15.2 Å². The van der Waals surface area contributed by atoms with Gasteiger partial charge in [-0.05, 0) is 37.8 Å². The van der Waals surface area contributed by atoms with Gasteiger partial charge in [-0.3, -0.25) is 4.79 Å². The van der Waals surface area contributed by atoms with E-state index in [2.05, 4.69) is 4.72 Å². The summed E-state index contributed by atoms with van der Waals surface area (Å²) in [6.45, 7) is 0.541. The molecular formula is C18H24N2O4S. The minimum atomic E-state index is -3.97. The van der Waals surface area contributed by atoms with Gasteiger partial charge in [-0.1, -0.05) is 31.1 Å². The summed E-state index contributed by atoms with van der Waals surface area (Å²) in [5, 5.41) is 0. The summed E-state index contributed by atoms with van der Waals surface area (Å²) in [7, 11) is -3.97. The number of ether oxygens (including phenoxy) is 1. The summed E-state index contributed by atoms with van der Waals surface area (Å²) in [4.78, 5) is 12.4. The van der Waals surface area contributed by atoms with Crippen LogP contribution in [0.5, 0.6) is 5.75 Å². The van der Waals surface area contributed by atoms with Gasteiger partial charge in [0.25, 0.3) is 15.9 Å². The number of hydrogen-bond donors (Lipinski definition) is 2. The third kappa shape index (κ3) is 4.22. The predicted molar refractivity (Wildman–Crippen MR) is 94.5 cm³/mol. The third-order valence-electron chi connectivity index (χ3n) is 4.73. The number of benzene rings is 1. The molecule has 2 bridgehead atoms. The van der Waals surface area contributed by atoms with Crippen LogP contribution in [0.2, 0.25) is 0 Å². The Morgan fingerprint density at radius 2 is 2.00 bits per heavy atom. The molecule has 7 heteroatoms. The molecule has 2 atom stereocenters. The first-order valence-electron chi connectivity index (χ1n) is 8.67. The zero-order valence-corrected chi connectivity index (χ0v) is 14.9. The van der Waals surface area contributed by atoms with Crippen molar-refractivity contribution in [1.29, 1.82) is 0 Å². The van der Waals surface area contributed by atoms with E-state index in [-0.39, 0.29) is 10.8 Å². The highest BCUT2D eigenvalue weighted by molar-refractivity contribution is 7.90. The number of rotatable bonds is 0. The van der Waals surface area contributed by atoms with Gasteiger partial charge in [0.1, 0.15) is 11.3 Å². The Morgan fingerprint density at radius 3 is 2.84 bits per heavy atom. The number of amides is 1. The predicted octanol–water partition coefficient (Wildman–Crippen LogP) is 2.11. The minimum absolute atomic E-state index is 0.000918. The molecule has 25 heavy (non-hydrogen) atoms. The molecule has 3 N–H and O–H groups in total. The molecule has 1 aromatic carbocycles. The van der Waals surface area contributed by atoms with E-state index in [1.54, 1.807) is 12.1 Å². The van der Waals surface area contributed by atoms with Crippen molar-refractivity contribution in [2.24, 2.45) is 11.7 Å². The molecule has 0 aromatic heterocycles. The van der Waals surface area contributed by atoms with Crippen LogP contribution in [0.15, 0.2) is 41.3 Å². The van der Waals surface area contributed by atoms with E-state index in [4.69, 9.17) is 10.5 Å². The normalized spacial score (nSPS) is 30.9. The Balaban J connectivity index is 1.82. The number of allylic oxidation sites excluding steroid dienone is 1. The van der Waals surface area contributed by atoms with Gasteiger partial charge in [-0.25, -0.2) is 13.1 Å². The number of sulfonamides is 1. The zero-order valence-electron chi connectivity index (χ0n) is 14.1. The highest BCUT2D eigenvalue weighted by atomic mass is 32.2. The molecule has 0 unspecified atom stereocenters. The van der Waals surface area contributed by atoms with Crippen LogP contribution in [-0.4, -0.2) is 26.5 Å². The van der Waals surface area contributed by atoms with Crippen molar-refractivity contribution in [2.45, 2.75) is 49.0 Å². The van der Waals surface area contributed by atoms with E-state index >= 15 is 0 Å². The lowest BCUT2D eigenvalue weighted by molar-refractivity contribution is -0.121. The van der Waals surface area contributed by atoms with E-state index in [0.717, 1.165) is 32.1 Å². The van der Waals surface area contributed by atoms with E-state index in [0.29, 0.717) is 18.8 Å². The van der Waals surface area contributed by atoms with E-state index < -0.39 is 21.5 Å². The van der Waals surface area contributed by atoms with Gasteiger partial charge in [0.15, 0.2) is 0 Å². The second-order valence-electron chi connectivity index (χ2n) is 6.74. The molecule has 6 nitrogen and oxygen atoms in total. The quantitative estimate of drug-likeness (QED) is 0.687. The molecule has 1 aromatic rings. The fourth-order valence-corrected chi connectivity index (χ4v) is 4.06. The molecule has 1 fully saturated rings. The Labute approximate surface area is 148 Å². The van der Waals surface area contributed by atoms with E-state index in [1.165, 1.54) is 12.1 Å². The standard InChI is InChI=1S/C18H24N2O4S/c19-18-13-14(18)8-5-3-1-2-4-6-11-24-15-9-7-10-16(12-15)25(22,23)20-17(18)21/h5,7-10,12,14H,1-4,6,11,13,19H2,(H,20,21)/b8-5-/t14-,18+/m0/s1. The SMILES string of the molecule is N[C@]12C[C@@H]1/C=C\CCCCCCOc1cccc(c1)S(=O)(=O)NC2=O. The molecule has 1 saturated carbocycles. The highest BCUT2D eigenvalue weighted by Crippen LogP contribution is 2.42. The highest BCUT2D eigenvalue weighted by Gasteiger charge is 2.56. The molecule has 0 spiro atoms. The molecule has 1 aliphatic heterocycles. The van der Waals surface area contributed by atoms with Gasteiger partial charge < -0.3 is 10.5 Å². The fourth-order valence-electron chi connectivity index (χ4n) is 2.98. The van der Waals surface area contributed by atoms with Crippen molar-refractivity contribution < 1.29 is 17.9 Å². The Hall–Kier alpha value is -1.86. The van der Waals surface area contributed by atoms with Crippen molar-refractivity contribution >= 4 is 15.9 Å². The number of nitrogens with one attached hydrogen (secondary N) is 1. The monoisotopic (exact) mass is 364 g/mol.